The van der Waals surface area contributed by atoms with E-state index in [1.807, 2.05) is 0 Å². The zero-order valence-electron chi connectivity index (χ0n) is 33.0. The SMILES string of the molecule is c1ccc(-c2ccc(-c3ccc(N(c4ccccc4)c4cccc(-c5cccc(-c6cccc7c6c6ccccc6n7-c6ccc7ccccc7c6)c5)c4)cc3)cc2)cc1. The molecule has 0 spiro atoms. The Morgan fingerprint density at radius 2 is 0.800 bits per heavy atom. The summed E-state index contributed by atoms with van der Waals surface area (Å²) >= 11 is 0. The highest BCUT2D eigenvalue weighted by atomic mass is 15.1. The summed E-state index contributed by atoms with van der Waals surface area (Å²) in [6.07, 6.45) is 0. The third-order valence-corrected chi connectivity index (χ3v) is 11.8. The van der Waals surface area contributed by atoms with Gasteiger partial charge in [0.15, 0.2) is 0 Å². The molecule has 11 rings (SSSR count). The van der Waals surface area contributed by atoms with E-state index in [0.717, 1.165) is 28.3 Å². The molecule has 1 aromatic heterocycles. The molecule has 282 valence electrons. The molecule has 0 radical (unpaired) electrons. The molecule has 0 aliphatic carbocycles. The molecule has 0 saturated carbocycles. The lowest BCUT2D eigenvalue weighted by Gasteiger charge is -2.26. The van der Waals surface area contributed by atoms with Gasteiger partial charge in [-0.15, -0.1) is 0 Å². The van der Waals surface area contributed by atoms with Crippen LogP contribution >= 0.6 is 0 Å². The maximum absolute atomic E-state index is 2.42. The second kappa shape index (κ2) is 15.1. The Balaban J connectivity index is 0.959. The average Bonchev–Trinajstić information content (AvgIpc) is 3.67. The Bertz CT molecular complexity index is 3290. The van der Waals surface area contributed by atoms with Crippen molar-refractivity contribution in [1.82, 2.24) is 4.57 Å². The predicted molar refractivity (Wildman–Crippen MR) is 255 cm³/mol. The average molecular weight is 765 g/mol. The van der Waals surface area contributed by atoms with Gasteiger partial charge in [0.2, 0.25) is 0 Å². The summed E-state index contributed by atoms with van der Waals surface area (Å²) in [5, 5.41) is 4.99. The van der Waals surface area contributed by atoms with E-state index >= 15 is 0 Å². The highest BCUT2D eigenvalue weighted by Crippen LogP contribution is 2.41. The van der Waals surface area contributed by atoms with Crippen molar-refractivity contribution in [1.29, 1.82) is 0 Å². The third kappa shape index (κ3) is 6.41. The Hall–Kier alpha value is -7.94. The van der Waals surface area contributed by atoms with Crippen LogP contribution < -0.4 is 4.90 Å². The normalized spacial score (nSPS) is 11.3. The standard InChI is InChI=1S/C58H40N2/c1-3-14-41(15-4-1)43-28-30-44(31-29-43)45-32-35-51(36-33-45)59(50-21-5-2-6-22-50)52-23-12-19-48(40-52)46-18-11-20-49(38-46)54-25-13-27-57-58(54)55-24-9-10-26-56(55)60(57)53-37-34-42-16-7-8-17-47(42)39-53/h1-40H. The van der Waals surface area contributed by atoms with Crippen molar-refractivity contribution in [2.24, 2.45) is 0 Å². The highest BCUT2D eigenvalue weighted by Gasteiger charge is 2.18. The minimum Gasteiger partial charge on any atom is -0.310 e. The molecule has 60 heavy (non-hydrogen) atoms. The van der Waals surface area contributed by atoms with E-state index in [2.05, 4.69) is 252 Å². The van der Waals surface area contributed by atoms with E-state index < -0.39 is 0 Å². The molecule has 0 aliphatic rings. The first kappa shape index (κ1) is 35.2. The molecule has 2 heteroatoms. The molecular weight excluding hydrogens is 725 g/mol. The summed E-state index contributed by atoms with van der Waals surface area (Å²) < 4.78 is 2.42. The lowest BCUT2D eigenvalue weighted by molar-refractivity contribution is 1.19. The number of rotatable bonds is 8. The lowest BCUT2D eigenvalue weighted by atomic mass is 9.95. The summed E-state index contributed by atoms with van der Waals surface area (Å²) in [6, 6.07) is 87.8. The van der Waals surface area contributed by atoms with Gasteiger partial charge >= 0.3 is 0 Å². The Morgan fingerprint density at radius 3 is 1.57 bits per heavy atom. The Labute approximate surface area is 350 Å². The monoisotopic (exact) mass is 764 g/mol. The first-order chi connectivity index (χ1) is 29.7. The molecule has 0 bridgehead atoms. The first-order valence-corrected chi connectivity index (χ1v) is 20.6. The summed E-state index contributed by atoms with van der Waals surface area (Å²) in [6.45, 7) is 0. The Kier molecular flexibility index (Phi) is 8.87. The summed E-state index contributed by atoms with van der Waals surface area (Å²) in [5.74, 6) is 0. The van der Waals surface area contributed by atoms with Crippen molar-refractivity contribution in [3.05, 3.63) is 243 Å². The van der Waals surface area contributed by atoms with E-state index in [1.54, 1.807) is 0 Å². The number of nitrogens with zero attached hydrogens (tertiary/aromatic N) is 2. The maximum Gasteiger partial charge on any atom is 0.0547 e. The van der Waals surface area contributed by atoms with Crippen molar-refractivity contribution in [2.75, 3.05) is 4.90 Å². The topological polar surface area (TPSA) is 8.17 Å². The first-order valence-electron chi connectivity index (χ1n) is 20.6. The van der Waals surface area contributed by atoms with E-state index in [1.165, 1.54) is 71.5 Å². The molecule has 0 fully saturated rings. The number of hydrogen-bond acceptors (Lipinski definition) is 1. The van der Waals surface area contributed by atoms with Crippen molar-refractivity contribution >= 4 is 49.6 Å². The van der Waals surface area contributed by atoms with Crippen LogP contribution in [0, 0.1) is 0 Å². The van der Waals surface area contributed by atoms with Gasteiger partial charge in [0.25, 0.3) is 0 Å². The van der Waals surface area contributed by atoms with Crippen LogP contribution in [-0.4, -0.2) is 4.57 Å². The molecule has 0 atom stereocenters. The largest absolute Gasteiger partial charge is 0.310 e. The van der Waals surface area contributed by atoms with Gasteiger partial charge in [-0.05, 0) is 122 Å². The molecule has 2 nitrogen and oxygen atoms in total. The predicted octanol–water partition coefficient (Wildman–Crippen LogP) is 16.1. The van der Waals surface area contributed by atoms with Crippen LogP contribution in [0.4, 0.5) is 17.1 Å². The lowest BCUT2D eigenvalue weighted by Crippen LogP contribution is -2.09. The van der Waals surface area contributed by atoms with Gasteiger partial charge in [-0.25, -0.2) is 0 Å². The minimum atomic E-state index is 1.10. The van der Waals surface area contributed by atoms with Crippen LogP contribution in [0.1, 0.15) is 0 Å². The molecule has 10 aromatic carbocycles. The molecule has 0 unspecified atom stereocenters. The molecule has 1 heterocycles. The number of hydrogen-bond donors (Lipinski definition) is 0. The van der Waals surface area contributed by atoms with E-state index in [-0.39, 0.29) is 0 Å². The highest BCUT2D eigenvalue weighted by molar-refractivity contribution is 6.16. The van der Waals surface area contributed by atoms with Crippen LogP contribution in [0.3, 0.4) is 0 Å². The smallest absolute Gasteiger partial charge is 0.0547 e. The molecule has 0 saturated heterocycles. The van der Waals surface area contributed by atoms with Gasteiger partial charge in [0.1, 0.15) is 0 Å². The summed E-state index contributed by atoms with van der Waals surface area (Å²) in [5.41, 5.74) is 16.5. The van der Waals surface area contributed by atoms with Gasteiger partial charge in [-0.3, -0.25) is 0 Å². The van der Waals surface area contributed by atoms with Crippen LogP contribution in [0.15, 0.2) is 243 Å². The van der Waals surface area contributed by atoms with Gasteiger partial charge in [-0.2, -0.15) is 0 Å². The fraction of sp³-hybridized carbons (Fsp3) is 0. The molecule has 0 aliphatic heterocycles. The summed E-state index contributed by atoms with van der Waals surface area (Å²) in [4.78, 5) is 2.35. The Morgan fingerprint density at radius 1 is 0.283 bits per heavy atom. The zero-order chi connectivity index (χ0) is 39.8. The van der Waals surface area contributed by atoms with Crippen molar-refractivity contribution in [3.63, 3.8) is 0 Å². The number of fused-ring (bicyclic) bond motifs is 4. The van der Waals surface area contributed by atoms with Crippen molar-refractivity contribution < 1.29 is 0 Å². The van der Waals surface area contributed by atoms with Crippen molar-refractivity contribution in [3.8, 4) is 50.2 Å². The number of benzene rings is 10. The van der Waals surface area contributed by atoms with Gasteiger partial charge in [0, 0.05) is 33.5 Å². The van der Waals surface area contributed by atoms with Crippen molar-refractivity contribution in [2.45, 2.75) is 0 Å². The van der Waals surface area contributed by atoms with E-state index in [0.29, 0.717) is 0 Å². The molecule has 11 aromatic rings. The quantitative estimate of drug-likeness (QED) is 0.150. The van der Waals surface area contributed by atoms with E-state index in [9.17, 15) is 0 Å². The van der Waals surface area contributed by atoms with Gasteiger partial charge in [0.05, 0.1) is 11.0 Å². The zero-order valence-corrected chi connectivity index (χ0v) is 33.0. The number of para-hydroxylation sites is 2. The molecule has 0 N–H and O–H groups in total. The second-order valence-electron chi connectivity index (χ2n) is 15.4. The van der Waals surface area contributed by atoms with E-state index in [4.69, 9.17) is 0 Å². The minimum absolute atomic E-state index is 1.10. The fourth-order valence-corrected chi connectivity index (χ4v) is 8.86. The van der Waals surface area contributed by atoms with Crippen LogP contribution in [0.5, 0.6) is 0 Å². The third-order valence-electron chi connectivity index (χ3n) is 11.8. The second-order valence-corrected chi connectivity index (χ2v) is 15.4. The number of anilines is 3. The molecule has 0 amide bonds. The summed E-state index contributed by atoms with van der Waals surface area (Å²) in [7, 11) is 0. The maximum atomic E-state index is 2.42. The van der Waals surface area contributed by atoms with Gasteiger partial charge < -0.3 is 9.47 Å². The fourth-order valence-electron chi connectivity index (χ4n) is 8.86. The van der Waals surface area contributed by atoms with Crippen LogP contribution in [0.25, 0.3) is 82.8 Å². The van der Waals surface area contributed by atoms with Crippen LogP contribution in [-0.2, 0) is 0 Å². The van der Waals surface area contributed by atoms with Gasteiger partial charge in [-0.1, -0.05) is 176 Å². The number of aromatic nitrogens is 1. The molecular formula is C58H40N2. The van der Waals surface area contributed by atoms with Crippen LogP contribution in [0.2, 0.25) is 0 Å².